The van der Waals surface area contributed by atoms with Crippen molar-refractivity contribution in [2.24, 2.45) is 5.92 Å². The normalized spacial score (nSPS) is 24.2. The highest BCUT2D eigenvalue weighted by molar-refractivity contribution is 6.70. The fraction of sp³-hybridized carbons (Fsp3) is 0.875. The summed E-state index contributed by atoms with van der Waals surface area (Å²) in [6, 6.07) is 0. The number of hydrogen-bond acceptors (Lipinski definition) is 2. The Hall–Kier alpha value is 0.0938. The van der Waals surface area contributed by atoms with Crippen LogP contribution in [-0.2, 0) is 8.85 Å². The molecule has 0 fully saturated rings. The first kappa shape index (κ1) is 18.1. The van der Waals surface area contributed by atoms with E-state index in [2.05, 4.69) is 59.2 Å². The highest BCUT2D eigenvalue weighted by atomic mass is 28.4. The van der Waals surface area contributed by atoms with Gasteiger partial charge in [0, 0.05) is 0 Å². The lowest BCUT2D eigenvalue weighted by Gasteiger charge is -2.44. The van der Waals surface area contributed by atoms with Crippen LogP contribution in [0.2, 0.25) is 39.3 Å². The van der Waals surface area contributed by atoms with Crippen LogP contribution in [0.25, 0.3) is 0 Å². The Balaban J connectivity index is 2.83. The van der Waals surface area contributed by atoms with Crippen molar-refractivity contribution in [3.05, 3.63) is 11.6 Å². The average molecular weight is 315 g/mol. The molecule has 118 valence electrons. The summed E-state index contributed by atoms with van der Waals surface area (Å²) >= 11 is 0. The molecule has 20 heavy (non-hydrogen) atoms. The lowest BCUT2D eigenvalue weighted by molar-refractivity contribution is -0.0283. The maximum absolute atomic E-state index is 6.60. The lowest BCUT2D eigenvalue weighted by Crippen LogP contribution is -2.51. The molecule has 0 spiro atoms. The quantitative estimate of drug-likeness (QED) is 0.496. The first-order valence-corrected chi connectivity index (χ1v) is 14.7. The minimum atomic E-state index is -1.58. The summed E-state index contributed by atoms with van der Waals surface area (Å²) in [6.07, 6.45) is 5.98. The van der Waals surface area contributed by atoms with Gasteiger partial charge in [0.05, 0.1) is 12.2 Å². The zero-order chi connectivity index (χ0) is 15.6. The van der Waals surface area contributed by atoms with Gasteiger partial charge in [-0.1, -0.05) is 11.6 Å². The molecule has 2 nitrogen and oxygen atoms in total. The molecule has 0 aromatic heterocycles. The standard InChI is InChI=1S/C16H34O2Si2/c1-14-9-11-15(12-10-14)16(2,18-20(6,7)8)13-17-19(3,4)5/h9,15H,10-13H2,1-8H3. The van der Waals surface area contributed by atoms with Crippen LogP contribution in [0.4, 0.5) is 0 Å². The summed E-state index contributed by atoms with van der Waals surface area (Å²) in [6.45, 7) is 18.9. The van der Waals surface area contributed by atoms with Gasteiger partial charge in [0.2, 0.25) is 0 Å². The van der Waals surface area contributed by atoms with E-state index in [1.807, 2.05) is 0 Å². The summed E-state index contributed by atoms with van der Waals surface area (Å²) in [7, 11) is -3.07. The van der Waals surface area contributed by atoms with Crippen molar-refractivity contribution in [2.45, 2.75) is 78.0 Å². The zero-order valence-electron chi connectivity index (χ0n) is 14.8. The van der Waals surface area contributed by atoms with Crippen molar-refractivity contribution in [1.82, 2.24) is 0 Å². The summed E-state index contributed by atoms with van der Waals surface area (Å²) in [4.78, 5) is 0. The van der Waals surface area contributed by atoms with Gasteiger partial charge in [-0.15, -0.1) is 0 Å². The van der Waals surface area contributed by atoms with Gasteiger partial charge in [-0.25, -0.2) is 0 Å². The molecule has 0 aliphatic heterocycles. The molecule has 0 N–H and O–H groups in total. The maximum atomic E-state index is 6.60. The van der Waals surface area contributed by atoms with Gasteiger partial charge in [-0.05, 0) is 78.3 Å². The lowest BCUT2D eigenvalue weighted by atomic mass is 9.79. The van der Waals surface area contributed by atoms with E-state index in [0.717, 1.165) is 13.0 Å². The molecule has 0 bridgehead atoms. The Labute approximate surface area is 128 Å². The van der Waals surface area contributed by atoms with E-state index in [1.165, 1.54) is 18.4 Å². The van der Waals surface area contributed by atoms with E-state index in [0.29, 0.717) is 5.92 Å². The molecule has 0 radical (unpaired) electrons. The highest BCUT2D eigenvalue weighted by Crippen LogP contribution is 2.37. The van der Waals surface area contributed by atoms with E-state index in [4.69, 9.17) is 8.85 Å². The van der Waals surface area contributed by atoms with Crippen molar-refractivity contribution in [2.75, 3.05) is 6.61 Å². The summed E-state index contributed by atoms with van der Waals surface area (Å²) in [5.41, 5.74) is 1.41. The molecule has 4 heteroatoms. The third kappa shape index (κ3) is 6.25. The van der Waals surface area contributed by atoms with Crippen molar-refractivity contribution < 1.29 is 8.85 Å². The molecule has 0 aromatic rings. The first-order chi connectivity index (χ1) is 8.91. The van der Waals surface area contributed by atoms with E-state index >= 15 is 0 Å². The second-order valence-corrected chi connectivity index (χ2v) is 17.4. The van der Waals surface area contributed by atoms with Crippen molar-refractivity contribution >= 4 is 16.6 Å². The summed E-state index contributed by atoms with van der Waals surface area (Å²) in [5, 5.41) is 0. The van der Waals surface area contributed by atoms with Gasteiger partial charge in [0.25, 0.3) is 0 Å². The molecule has 1 aliphatic carbocycles. The van der Waals surface area contributed by atoms with Crippen molar-refractivity contribution in [3.63, 3.8) is 0 Å². The summed E-state index contributed by atoms with van der Waals surface area (Å²) in [5.74, 6) is 0.592. The number of rotatable bonds is 6. The molecule has 0 aromatic carbocycles. The Morgan fingerprint density at radius 2 is 1.75 bits per heavy atom. The Morgan fingerprint density at radius 3 is 2.15 bits per heavy atom. The predicted octanol–water partition coefficient (Wildman–Crippen LogP) is 5.19. The van der Waals surface area contributed by atoms with Crippen LogP contribution in [-0.4, -0.2) is 28.8 Å². The van der Waals surface area contributed by atoms with Gasteiger partial charge in [-0.3, -0.25) is 0 Å². The van der Waals surface area contributed by atoms with Gasteiger partial charge in [-0.2, -0.15) is 0 Å². The van der Waals surface area contributed by atoms with E-state index in [1.54, 1.807) is 0 Å². The molecule has 0 saturated carbocycles. The molecule has 0 amide bonds. The predicted molar refractivity (Wildman–Crippen MR) is 93.2 cm³/mol. The van der Waals surface area contributed by atoms with Crippen molar-refractivity contribution in [1.29, 1.82) is 0 Å². The molecule has 2 unspecified atom stereocenters. The minimum absolute atomic E-state index is 0.123. The Kier molecular flexibility index (Phi) is 5.87. The fourth-order valence-corrected chi connectivity index (χ4v) is 5.15. The van der Waals surface area contributed by atoms with Crippen LogP contribution in [0, 0.1) is 5.92 Å². The highest BCUT2D eigenvalue weighted by Gasteiger charge is 2.40. The molecule has 0 heterocycles. The third-order valence-corrected chi connectivity index (χ3v) is 5.92. The molecule has 0 saturated heterocycles. The van der Waals surface area contributed by atoms with E-state index < -0.39 is 16.6 Å². The van der Waals surface area contributed by atoms with Crippen molar-refractivity contribution in [3.8, 4) is 0 Å². The number of allylic oxidation sites excluding steroid dienone is 2. The molecule has 1 rings (SSSR count). The van der Waals surface area contributed by atoms with Gasteiger partial charge in [0.15, 0.2) is 16.6 Å². The van der Waals surface area contributed by atoms with Crippen LogP contribution in [0.5, 0.6) is 0 Å². The average Bonchev–Trinajstić information content (AvgIpc) is 2.24. The third-order valence-electron chi connectivity index (χ3n) is 3.83. The van der Waals surface area contributed by atoms with Gasteiger partial charge >= 0.3 is 0 Å². The first-order valence-electron chi connectivity index (χ1n) is 7.91. The zero-order valence-corrected chi connectivity index (χ0v) is 16.8. The maximum Gasteiger partial charge on any atom is 0.184 e. The summed E-state index contributed by atoms with van der Waals surface area (Å²) < 4.78 is 12.8. The van der Waals surface area contributed by atoms with Crippen LogP contribution < -0.4 is 0 Å². The van der Waals surface area contributed by atoms with Crippen LogP contribution in [0.1, 0.15) is 33.1 Å². The largest absolute Gasteiger partial charge is 0.415 e. The Bertz CT molecular complexity index is 352. The second kappa shape index (κ2) is 6.47. The van der Waals surface area contributed by atoms with Gasteiger partial charge in [0.1, 0.15) is 0 Å². The fourth-order valence-electron chi connectivity index (χ4n) is 2.81. The monoisotopic (exact) mass is 314 g/mol. The molecule has 1 aliphatic rings. The smallest absolute Gasteiger partial charge is 0.184 e. The van der Waals surface area contributed by atoms with Crippen LogP contribution in [0.3, 0.4) is 0 Å². The minimum Gasteiger partial charge on any atom is -0.415 e. The van der Waals surface area contributed by atoms with E-state index in [-0.39, 0.29) is 5.60 Å². The molecular formula is C16H34O2Si2. The van der Waals surface area contributed by atoms with Crippen LogP contribution in [0.15, 0.2) is 11.6 Å². The van der Waals surface area contributed by atoms with Gasteiger partial charge < -0.3 is 8.85 Å². The van der Waals surface area contributed by atoms with Crippen LogP contribution >= 0.6 is 0 Å². The molecular weight excluding hydrogens is 280 g/mol. The number of hydrogen-bond donors (Lipinski definition) is 0. The topological polar surface area (TPSA) is 18.5 Å². The van der Waals surface area contributed by atoms with E-state index in [9.17, 15) is 0 Å². The second-order valence-electron chi connectivity index (χ2n) is 8.45. The SMILES string of the molecule is CC1=CCC(C(C)(CO[Si](C)(C)C)O[Si](C)(C)C)CC1. The molecule has 2 atom stereocenters. The Morgan fingerprint density at radius 1 is 1.15 bits per heavy atom.